The van der Waals surface area contributed by atoms with Crippen LogP contribution < -0.4 is 4.74 Å². The van der Waals surface area contributed by atoms with E-state index < -0.39 is 0 Å². The molecule has 6 heteroatoms. The summed E-state index contributed by atoms with van der Waals surface area (Å²) in [7, 11) is 0. The Hall–Kier alpha value is -3.96. The van der Waals surface area contributed by atoms with Gasteiger partial charge in [0.05, 0.1) is 6.61 Å². The maximum absolute atomic E-state index is 12.5. The second-order valence-electron chi connectivity index (χ2n) is 44.9. The van der Waals surface area contributed by atoms with Gasteiger partial charge in [0.1, 0.15) is 11.6 Å². The van der Waals surface area contributed by atoms with Gasteiger partial charge in [-0.3, -0.25) is 0 Å². The van der Waals surface area contributed by atoms with Crippen molar-refractivity contribution >= 4 is 11.6 Å². The lowest BCUT2D eigenvalue weighted by Gasteiger charge is -2.38. The third kappa shape index (κ3) is 40.0. The first kappa shape index (κ1) is 105. The van der Waals surface area contributed by atoms with Crippen LogP contribution in [0.25, 0.3) is 11.4 Å². The molecule has 1 aromatic heterocycles. The molecule has 5 unspecified atom stereocenters. The molecule has 5 aromatic rings. The molecule has 14 fully saturated rings. The van der Waals surface area contributed by atoms with Gasteiger partial charge in [-0.05, 0) is 310 Å². The quantitative estimate of drug-likeness (QED) is 0.0871. The van der Waals surface area contributed by atoms with Crippen LogP contribution in [0.2, 0.25) is 5.02 Å². The van der Waals surface area contributed by atoms with Gasteiger partial charge >= 0.3 is 0 Å². The summed E-state index contributed by atoms with van der Waals surface area (Å²) in [4.78, 5) is 4.21. The van der Waals surface area contributed by atoms with Crippen LogP contribution in [-0.2, 0) is 17.3 Å². The first-order valence-corrected chi connectivity index (χ1v) is 54.4. The van der Waals surface area contributed by atoms with Gasteiger partial charge in [0.15, 0.2) is 0 Å². The van der Waals surface area contributed by atoms with Crippen LogP contribution in [0.3, 0.4) is 0 Å². The second-order valence-corrected chi connectivity index (χ2v) is 45.3. The number of aromatic nitrogens is 2. The molecule has 0 saturated heterocycles. The Kier molecular flexibility index (Phi) is 48.8. The minimum absolute atomic E-state index is 0.221. The molecule has 5 atom stereocenters. The zero-order chi connectivity index (χ0) is 89.1. The van der Waals surface area contributed by atoms with Crippen LogP contribution in [0.1, 0.15) is 462 Å². The predicted molar refractivity (Wildman–Crippen MR) is 537 cm³/mol. The molecule has 14 aliphatic carbocycles. The summed E-state index contributed by atoms with van der Waals surface area (Å²) in [6.07, 6.45) is 75.6. The molecule has 1 heterocycles. The minimum atomic E-state index is -0.221. The van der Waals surface area contributed by atoms with E-state index in [0.717, 1.165) is 125 Å². The lowest BCUT2D eigenvalue weighted by atomic mass is 9.68. The van der Waals surface area contributed by atoms with Crippen molar-refractivity contribution in [3.8, 4) is 17.1 Å². The van der Waals surface area contributed by atoms with E-state index in [4.69, 9.17) is 20.9 Å². The largest absolute Gasteiger partial charge is 0.494 e. The summed E-state index contributed by atoms with van der Waals surface area (Å²) in [5.74, 6) is 22.5. The maximum atomic E-state index is 12.5. The number of rotatable bonds is 17. The molecular weight excluding hydrogens is 1530 g/mol. The summed E-state index contributed by atoms with van der Waals surface area (Å²) < 4.78 is 22.9. The summed E-state index contributed by atoms with van der Waals surface area (Å²) in [5.41, 5.74) is 5.69. The number of ether oxygens (including phenoxy) is 1. The van der Waals surface area contributed by atoms with E-state index in [9.17, 15) is 4.39 Å². The Morgan fingerprint density at radius 2 is 0.863 bits per heavy atom. The van der Waals surface area contributed by atoms with Crippen LogP contribution in [0.5, 0.6) is 5.75 Å². The van der Waals surface area contributed by atoms with Gasteiger partial charge in [-0.25, -0.2) is 4.39 Å². The molecule has 0 spiro atoms. The van der Waals surface area contributed by atoms with E-state index in [2.05, 4.69) is 182 Å². The first-order chi connectivity index (χ1) is 59.9. The summed E-state index contributed by atoms with van der Waals surface area (Å²) in [6, 6.07) is 35.4. The van der Waals surface area contributed by atoms with Gasteiger partial charge in [-0.15, -0.1) is 0 Å². The fraction of sp³-hybridized carbons (Fsp3) is 0.780. The molecule has 0 bridgehead atoms. The number of nitrogens with zero attached hydrogens (tertiary/aromatic N) is 2. The van der Waals surface area contributed by atoms with Crippen molar-refractivity contribution in [2.45, 2.75) is 462 Å². The van der Waals surface area contributed by atoms with E-state index in [1.807, 2.05) is 19.1 Å². The van der Waals surface area contributed by atoms with Crippen LogP contribution in [0.4, 0.5) is 4.39 Å². The molecule has 4 aromatic carbocycles. The molecule has 14 aliphatic rings. The summed E-state index contributed by atoms with van der Waals surface area (Å²) >= 11 is 5.77. The van der Waals surface area contributed by atoms with Crippen molar-refractivity contribution in [2.75, 3.05) is 6.61 Å². The topological polar surface area (TPSA) is 48.2 Å². The van der Waals surface area contributed by atoms with Crippen molar-refractivity contribution in [1.29, 1.82) is 0 Å². The number of hydrogen-bond acceptors (Lipinski definition) is 4. The molecular formula is C118H194ClFN2O2. The number of halogens is 2. The van der Waals surface area contributed by atoms with Crippen molar-refractivity contribution in [2.24, 2.45) is 118 Å². The monoisotopic (exact) mass is 1730 g/mol. The first-order valence-electron chi connectivity index (χ1n) is 54.0. The number of benzene rings is 4. The van der Waals surface area contributed by atoms with Gasteiger partial charge in [0.2, 0.25) is 11.7 Å². The van der Waals surface area contributed by atoms with Gasteiger partial charge < -0.3 is 9.26 Å². The average molecular weight is 1730 g/mol. The van der Waals surface area contributed by atoms with Gasteiger partial charge in [0.25, 0.3) is 0 Å². The molecule has 702 valence electrons. The number of unbranched alkanes of at least 4 members (excludes halogenated alkanes) is 2. The highest BCUT2D eigenvalue weighted by molar-refractivity contribution is 6.30. The second kappa shape index (κ2) is 57.4. The molecule has 19 rings (SSSR count). The van der Waals surface area contributed by atoms with Gasteiger partial charge in [-0.2, -0.15) is 4.98 Å². The van der Waals surface area contributed by atoms with Gasteiger partial charge in [-0.1, -0.05) is 401 Å². The van der Waals surface area contributed by atoms with E-state index in [0.29, 0.717) is 33.0 Å². The zero-order valence-corrected chi connectivity index (χ0v) is 84.6. The number of aryl methyl sites for hydroxylation is 1. The van der Waals surface area contributed by atoms with Crippen LogP contribution >= 0.6 is 11.6 Å². The van der Waals surface area contributed by atoms with Crippen LogP contribution in [0, 0.1) is 124 Å². The standard InChI is InChI=1S/C13H24.C13H18.C11H15FO.C11H20.C11H14.C11H22.C10H9ClN2O.2C8H14.2C8H16.C6H12/c1-11-7-9-13(10-8-11)12-5-3-2-4-6-12;1-2-13(10-6-7-11-13)12-8-4-3-5-9-12;1-2-3-4-9-13-11-7-5-10(12)6-8-11;1-9-6-7-10-4-2-3-5-11(10)8-9;1-2-11(8-9-11)10-6-4-3-5-7-10;1-9-5-7-10(8-6-9)11(2,3)4;1-2-9-12-10(13-14-9)7-3-5-8(11)6-4-7;1-6(7-2-3-7)8-4-5-8;1-2-6-7-4-3-5-8(6)7;2*1-7-3-5-8(2)6-4-7;1-2-3-6-4-5-6/h11-13H,2-10H2,1H3;3-5,8-9H,2,6-7,10-11H2,1H3;5-8H,2-4,9H2,1H3;9-11H,2-8H2,1H3;3-7H,2,8-9H2,1H3;9-10H,5-8H2,1-4H3;3-6H,2H2,1H3;2*6-8H,2-5H2,1H3;2*7-8H,3-6H2,1-2H3;6H,2-5H2,1H3. The van der Waals surface area contributed by atoms with Crippen molar-refractivity contribution < 1.29 is 13.7 Å². The average Bonchev–Trinajstić information content (AvgIpc) is 1.61. The Morgan fingerprint density at radius 1 is 0.435 bits per heavy atom. The van der Waals surface area contributed by atoms with Crippen molar-refractivity contribution in [1.82, 2.24) is 10.1 Å². The van der Waals surface area contributed by atoms with Crippen LogP contribution in [-0.4, -0.2) is 16.7 Å². The summed E-state index contributed by atoms with van der Waals surface area (Å²) in [6.45, 7) is 40.4. The molecule has 0 radical (unpaired) electrons. The third-order valence-corrected chi connectivity index (χ3v) is 33.7. The van der Waals surface area contributed by atoms with Crippen LogP contribution in [0.15, 0.2) is 114 Å². The van der Waals surface area contributed by atoms with Gasteiger partial charge in [0, 0.05) is 17.0 Å². The molecule has 0 N–H and O–H groups in total. The molecule has 4 nitrogen and oxygen atoms in total. The van der Waals surface area contributed by atoms with E-state index in [-0.39, 0.29) is 5.82 Å². The Balaban J connectivity index is 0.000000169. The molecule has 0 amide bonds. The smallest absolute Gasteiger partial charge is 0.226 e. The lowest BCUT2D eigenvalue weighted by Crippen LogP contribution is -2.26. The summed E-state index contributed by atoms with van der Waals surface area (Å²) in [5, 5.41) is 4.56. The number of fused-ring (bicyclic) bond motifs is 2. The predicted octanol–water partition coefficient (Wildman–Crippen LogP) is 38.0. The highest BCUT2D eigenvalue weighted by atomic mass is 35.5. The minimum Gasteiger partial charge on any atom is -0.494 e. The van der Waals surface area contributed by atoms with Crippen molar-refractivity contribution in [3.05, 3.63) is 137 Å². The normalized spacial score (nSPS) is 28.4. The molecule has 14 saturated carbocycles. The molecule has 124 heavy (non-hydrogen) atoms. The Morgan fingerprint density at radius 3 is 1.26 bits per heavy atom. The maximum Gasteiger partial charge on any atom is 0.226 e. The number of hydrogen-bond donors (Lipinski definition) is 0. The fourth-order valence-corrected chi connectivity index (χ4v) is 23.3. The molecule has 0 aliphatic heterocycles. The zero-order valence-electron chi connectivity index (χ0n) is 83.8. The van der Waals surface area contributed by atoms with E-state index in [1.165, 1.54) is 287 Å². The highest BCUT2D eigenvalue weighted by Crippen LogP contribution is 2.59. The van der Waals surface area contributed by atoms with E-state index >= 15 is 0 Å². The van der Waals surface area contributed by atoms with Crippen molar-refractivity contribution in [3.63, 3.8) is 0 Å². The Bertz CT molecular complexity index is 3360. The van der Waals surface area contributed by atoms with E-state index in [1.54, 1.807) is 99.6 Å². The lowest BCUT2D eigenvalue weighted by molar-refractivity contribution is 0.137. The Labute approximate surface area is 771 Å². The fourth-order valence-electron chi connectivity index (χ4n) is 23.1. The highest BCUT2D eigenvalue weighted by Gasteiger charge is 2.51. The third-order valence-electron chi connectivity index (χ3n) is 33.5. The SMILES string of the molecule is CC(C1CC1)C1CC1.CC1CCC(C(C)(C)C)CC1.CC1CCC(C)CC1.CC1CCC(C)CC1.CC1CCC(C2CCCCC2)CC1.CC1CCC2CCCCC2C1.CCC1(c2ccccc2)CC1.CCC1(c2ccccc2)CCCC1.CCC1C2CCCC12.CCCC1CC1.CCCCCOc1ccc(F)cc1.CCc1nc(-c2ccc(Cl)cc2)no1.